The highest BCUT2D eigenvalue weighted by atomic mass is 28.4. The van der Waals surface area contributed by atoms with Crippen LogP contribution in [0.15, 0.2) is 0 Å². The van der Waals surface area contributed by atoms with Gasteiger partial charge in [-0.05, 0) is 32.5 Å². The summed E-state index contributed by atoms with van der Waals surface area (Å²) in [5, 5.41) is 0. The fourth-order valence-corrected chi connectivity index (χ4v) is 2.38. The van der Waals surface area contributed by atoms with Crippen LogP contribution < -0.4 is 0 Å². The molecule has 0 aliphatic carbocycles. The van der Waals surface area contributed by atoms with Crippen molar-refractivity contribution < 1.29 is 23.5 Å². The summed E-state index contributed by atoms with van der Waals surface area (Å²) in [5.41, 5.74) is 0. The van der Waals surface area contributed by atoms with Gasteiger partial charge in [0.2, 0.25) is 0 Å². The normalized spacial score (nSPS) is 12.2. The SMILES string of the molecule is COCC(C)C(C)=O.CO[Si](C)(C)CCCOC(C)=O. The first kappa shape index (κ1) is 21.6. The second-order valence-corrected chi connectivity index (χ2v) is 9.80. The van der Waals surface area contributed by atoms with Crippen molar-refractivity contribution in [2.45, 2.75) is 46.3 Å². The van der Waals surface area contributed by atoms with E-state index in [0.717, 1.165) is 12.5 Å². The van der Waals surface area contributed by atoms with Gasteiger partial charge in [0, 0.05) is 27.1 Å². The third-order valence-corrected chi connectivity index (χ3v) is 5.55. The lowest BCUT2D eigenvalue weighted by atomic mass is 10.1. The number of methoxy groups -OCH3 is 1. The Bertz CT molecular complexity index is 279. The largest absolute Gasteiger partial charge is 0.466 e. The van der Waals surface area contributed by atoms with Gasteiger partial charge in [0.15, 0.2) is 8.32 Å². The predicted molar refractivity (Wildman–Crippen MR) is 82.3 cm³/mol. The Morgan fingerprint density at radius 1 is 1.15 bits per heavy atom. The molecule has 20 heavy (non-hydrogen) atoms. The fourth-order valence-electron chi connectivity index (χ4n) is 1.18. The second-order valence-electron chi connectivity index (χ2n) is 5.37. The Kier molecular flexibility index (Phi) is 13.0. The van der Waals surface area contributed by atoms with Crippen LogP contribution in [-0.4, -0.2) is 47.5 Å². The highest BCUT2D eigenvalue weighted by Gasteiger charge is 2.19. The van der Waals surface area contributed by atoms with Crippen LogP contribution in [-0.2, 0) is 23.5 Å². The monoisotopic (exact) mass is 306 g/mol. The van der Waals surface area contributed by atoms with Gasteiger partial charge in [0.1, 0.15) is 5.78 Å². The van der Waals surface area contributed by atoms with E-state index >= 15 is 0 Å². The average Bonchev–Trinajstić information content (AvgIpc) is 2.35. The summed E-state index contributed by atoms with van der Waals surface area (Å²) in [6, 6.07) is 1.04. The van der Waals surface area contributed by atoms with Gasteiger partial charge in [-0.1, -0.05) is 6.92 Å². The number of Topliss-reactive ketones (excluding diaryl/α,β-unsaturated/α-hetero) is 1. The number of ether oxygens (including phenoxy) is 2. The lowest BCUT2D eigenvalue weighted by molar-refractivity contribution is -0.141. The van der Waals surface area contributed by atoms with Gasteiger partial charge in [-0.3, -0.25) is 9.59 Å². The van der Waals surface area contributed by atoms with E-state index in [-0.39, 0.29) is 17.7 Å². The van der Waals surface area contributed by atoms with Crippen LogP contribution in [0.1, 0.15) is 27.2 Å². The highest BCUT2D eigenvalue weighted by molar-refractivity contribution is 6.71. The van der Waals surface area contributed by atoms with E-state index in [2.05, 4.69) is 13.1 Å². The minimum Gasteiger partial charge on any atom is -0.466 e. The molecular formula is C14H30O5Si. The third kappa shape index (κ3) is 15.3. The smallest absolute Gasteiger partial charge is 0.302 e. The molecule has 0 aliphatic rings. The molecule has 5 nitrogen and oxygen atoms in total. The van der Waals surface area contributed by atoms with E-state index in [1.54, 1.807) is 21.1 Å². The molecule has 1 atom stereocenters. The average molecular weight is 306 g/mol. The van der Waals surface area contributed by atoms with Gasteiger partial charge < -0.3 is 13.9 Å². The summed E-state index contributed by atoms with van der Waals surface area (Å²) in [7, 11) is 1.90. The molecule has 0 saturated heterocycles. The lowest BCUT2D eigenvalue weighted by Gasteiger charge is -2.19. The minimum atomic E-state index is -1.44. The van der Waals surface area contributed by atoms with E-state index in [4.69, 9.17) is 13.9 Å². The number of rotatable bonds is 8. The zero-order valence-corrected chi connectivity index (χ0v) is 14.9. The number of carbonyl (C=O) groups is 2. The first-order chi connectivity index (χ1) is 9.16. The number of ketones is 1. The maximum Gasteiger partial charge on any atom is 0.302 e. The molecule has 0 spiro atoms. The van der Waals surface area contributed by atoms with Crippen LogP contribution in [0.25, 0.3) is 0 Å². The molecule has 0 heterocycles. The number of hydrogen-bond donors (Lipinski definition) is 0. The summed E-state index contributed by atoms with van der Waals surface area (Å²) in [5.74, 6) is 0.0405. The Morgan fingerprint density at radius 3 is 2.00 bits per heavy atom. The van der Waals surface area contributed by atoms with Gasteiger partial charge in [0.05, 0.1) is 13.2 Å². The molecule has 0 N–H and O–H groups in total. The van der Waals surface area contributed by atoms with Crippen molar-refractivity contribution in [1.82, 2.24) is 0 Å². The summed E-state index contributed by atoms with van der Waals surface area (Å²) >= 11 is 0. The summed E-state index contributed by atoms with van der Waals surface area (Å²) in [4.78, 5) is 20.8. The van der Waals surface area contributed by atoms with E-state index in [1.165, 1.54) is 6.92 Å². The molecule has 6 heteroatoms. The Labute approximate surface area is 124 Å². The van der Waals surface area contributed by atoms with Crippen LogP contribution in [0, 0.1) is 5.92 Å². The van der Waals surface area contributed by atoms with E-state index < -0.39 is 8.32 Å². The van der Waals surface area contributed by atoms with Crippen LogP contribution in [0.2, 0.25) is 19.1 Å². The maximum atomic E-state index is 10.5. The van der Waals surface area contributed by atoms with Crippen molar-refractivity contribution in [3.05, 3.63) is 0 Å². The maximum absolute atomic E-state index is 10.5. The van der Waals surface area contributed by atoms with Gasteiger partial charge in [0.25, 0.3) is 0 Å². The molecule has 120 valence electrons. The second kappa shape index (κ2) is 12.1. The van der Waals surface area contributed by atoms with Crippen molar-refractivity contribution in [2.24, 2.45) is 5.92 Å². The van der Waals surface area contributed by atoms with Crippen LogP contribution in [0.5, 0.6) is 0 Å². The third-order valence-electron chi connectivity index (χ3n) is 2.89. The van der Waals surface area contributed by atoms with Crippen molar-refractivity contribution in [1.29, 1.82) is 0 Å². The molecule has 0 bridgehead atoms. The molecule has 0 aromatic heterocycles. The van der Waals surface area contributed by atoms with E-state index in [1.807, 2.05) is 6.92 Å². The Morgan fingerprint density at radius 2 is 1.70 bits per heavy atom. The van der Waals surface area contributed by atoms with Crippen LogP contribution >= 0.6 is 0 Å². The van der Waals surface area contributed by atoms with Gasteiger partial charge in [-0.25, -0.2) is 0 Å². The molecule has 0 radical (unpaired) electrons. The zero-order chi connectivity index (χ0) is 16.2. The standard InChI is InChI=1S/C8H18O3Si.C6H12O2/c1-8(9)11-6-5-7-12(3,4)10-2;1-5(4-8-3)6(2)7/h5-7H2,1-4H3;5H,4H2,1-3H3. The first-order valence-corrected chi connectivity index (χ1v) is 9.95. The molecule has 1 unspecified atom stereocenters. The molecule has 0 saturated carbocycles. The zero-order valence-electron chi connectivity index (χ0n) is 13.9. The molecule has 0 fully saturated rings. The summed E-state index contributed by atoms with van der Waals surface area (Å²) in [6.07, 6.45) is 0.909. The quantitative estimate of drug-likeness (QED) is 0.392. The van der Waals surface area contributed by atoms with E-state index in [9.17, 15) is 9.59 Å². The van der Waals surface area contributed by atoms with Crippen LogP contribution in [0.4, 0.5) is 0 Å². The molecular weight excluding hydrogens is 276 g/mol. The molecule has 0 aromatic carbocycles. The molecule has 0 aromatic rings. The topological polar surface area (TPSA) is 61.8 Å². The molecule has 0 aliphatic heterocycles. The van der Waals surface area contributed by atoms with Gasteiger partial charge in [-0.2, -0.15) is 0 Å². The Balaban J connectivity index is 0. The number of esters is 1. The van der Waals surface area contributed by atoms with Crippen molar-refractivity contribution in [3.8, 4) is 0 Å². The molecule has 0 amide bonds. The fraction of sp³-hybridized carbons (Fsp3) is 0.857. The summed E-state index contributed by atoms with van der Waals surface area (Å²) < 4.78 is 14.9. The van der Waals surface area contributed by atoms with Gasteiger partial charge in [-0.15, -0.1) is 0 Å². The highest BCUT2D eigenvalue weighted by Crippen LogP contribution is 2.11. The first-order valence-electron chi connectivity index (χ1n) is 6.84. The van der Waals surface area contributed by atoms with Crippen molar-refractivity contribution >= 4 is 20.1 Å². The number of carbonyl (C=O) groups excluding carboxylic acids is 2. The molecule has 0 rings (SSSR count). The van der Waals surface area contributed by atoms with Crippen LogP contribution in [0.3, 0.4) is 0 Å². The Hall–Kier alpha value is -0.723. The lowest BCUT2D eigenvalue weighted by Crippen LogP contribution is -2.28. The number of hydrogen-bond acceptors (Lipinski definition) is 5. The van der Waals surface area contributed by atoms with E-state index in [0.29, 0.717) is 13.2 Å². The van der Waals surface area contributed by atoms with Crippen molar-refractivity contribution in [3.63, 3.8) is 0 Å². The van der Waals surface area contributed by atoms with Crippen molar-refractivity contribution in [2.75, 3.05) is 27.4 Å². The summed E-state index contributed by atoms with van der Waals surface area (Å²) in [6.45, 7) is 10.2. The minimum absolute atomic E-state index is 0.0556. The van der Waals surface area contributed by atoms with Gasteiger partial charge >= 0.3 is 5.97 Å². The predicted octanol–water partition coefficient (Wildman–Crippen LogP) is 2.65.